The maximum atomic E-state index is 14.1. The van der Waals surface area contributed by atoms with Gasteiger partial charge in [0.25, 0.3) is 5.91 Å². The monoisotopic (exact) mass is 504 g/mol. The highest BCUT2D eigenvalue weighted by Gasteiger charge is 2.34. The molecule has 7 nitrogen and oxygen atoms in total. The standard InChI is InChI=1S/C24H17F5N4O3/c1-35-17-6-2-12(11-3-7-19(24(27,28)29)31-20(11)17)22-32-21(18(8-30)36-22)23(34)33-9-13-14(10-33)16(26)5-4-15(13)25/h2-7H,8-10,30H2,1H3. The lowest BCUT2D eigenvalue weighted by Gasteiger charge is -2.14. The van der Waals surface area contributed by atoms with Crippen LogP contribution in [0, 0.1) is 11.6 Å². The number of halogens is 5. The van der Waals surface area contributed by atoms with Gasteiger partial charge in [-0.3, -0.25) is 4.79 Å². The number of pyridine rings is 1. The summed E-state index contributed by atoms with van der Waals surface area (Å²) >= 11 is 0. The Labute approximate surface area is 200 Å². The maximum absolute atomic E-state index is 14.1. The number of hydrogen-bond donors (Lipinski definition) is 1. The van der Waals surface area contributed by atoms with Crippen molar-refractivity contribution in [3.63, 3.8) is 0 Å². The van der Waals surface area contributed by atoms with E-state index in [9.17, 15) is 26.7 Å². The Morgan fingerprint density at radius 3 is 2.31 bits per heavy atom. The number of hydrogen-bond acceptors (Lipinski definition) is 6. The molecule has 186 valence electrons. The van der Waals surface area contributed by atoms with E-state index in [-0.39, 0.29) is 70.3 Å². The molecule has 0 atom stereocenters. The molecule has 2 aromatic carbocycles. The number of benzene rings is 2. The fourth-order valence-corrected chi connectivity index (χ4v) is 4.18. The molecule has 4 aromatic rings. The zero-order valence-corrected chi connectivity index (χ0v) is 18.6. The number of oxazole rings is 1. The van der Waals surface area contributed by atoms with E-state index in [1.165, 1.54) is 30.2 Å². The SMILES string of the molecule is COc1ccc(-c2nc(C(=O)N3Cc4c(F)ccc(F)c4C3)c(CN)o2)c2ccc(C(F)(F)F)nc12. The molecule has 2 aromatic heterocycles. The molecule has 1 amide bonds. The van der Waals surface area contributed by atoms with Crippen LogP contribution in [-0.4, -0.2) is 27.9 Å². The Kier molecular flexibility index (Phi) is 5.62. The zero-order chi connectivity index (χ0) is 25.8. The average molecular weight is 504 g/mol. The lowest BCUT2D eigenvalue weighted by atomic mass is 10.1. The Morgan fingerprint density at radius 2 is 1.72 bits per heavy atom. The summed E-state index contributed by atoms with van der Waals surface area (Å²) in [5.74, 6) is -1.89. The molecule has 0 fully saturated rings. The number of nitrogens with zero attached hydrogens (tertiary/aromatic N) is 3. The van der Waals surface area contributed by atoms with E-state index < -0.39 is 29.4 Å². The topological polar surface area (TPSA) is 94.5 Å². The predicted molar refractivity (Wildman–Crippen MR) is 117 cm³/mol. The Morgan fingerprint density at radius 1 is 1.06 bits per heavy atom. The van der Waals surface area contributed by atoms with Crippen LogP contribution in [0.25, 0.3) is 22.4 Å². The van der Waals surface area contributed by atoms with Crippen LogP contribution in [0.3, 0.4) is 0 Å². The first-order valence-corrected chi connectivity index (χ1v) is 10.6. The number of ether oxygens (including phenoxy) is 1. The molecule has 0 radical (unpaired) electrons. The van der Waals surface area contributed by atoms with Gasteiger partial charge >= 0.3 is 6.18 Å². The minimum absolute atomic E-state index is 0.00994. The fraction of sp³-hybridized carbons (Fsp3) is 0.208. The summed E-state index contributed by atoms with van der Waals surface area (Å²) in [4.78, 5) is 22.4. The number of carbonyl (C=O) groups is 1. The van der Waals surface area contributed by atoms with E-state index in [1.807, 2.05) is 0 Å². The summed E-state index contributed by atoms with van der Waals surface area (Å²) < 4.78 is 78.9. The van der Waals surface area contributed by atoms with Crippen molar-refractivity contribution in [3.05, 3.63) is 76.3 Å². The quantitative estimate of drug-likeness (QED) is 0.401. The first-order valence-electron chi connectivity index (χ1n) is 10.6. The van der Waals surface area contributed by atoms with E-state index >= 15 is 0 Å². The van der Waals surface area contributed by atoms with Gasteiger partial charge in [0.15, 0.2) is 11.5 Å². The van der Waals surface area contributed by atoms with E-state index in [1.54, 1.807) is 0 Å². The van der Waals surface area contributed by atoms with Gasteiger partial charge in [-0.25, -0.2) is 18.7 Å². The third-order valence-electron chi connectivity index (χ3n) is 5.95. The van der Waals surface area contributed by atoms with Crippen molar-refractivity contribution in [2.75, 3.05) is 7.11 Å². The van der Waals surface area contributed by atoms with Gasteiger partial charge in [0, 0.05) is 35.2 Å². The van der Waals surface area contributed by atoms with E-state index in [2.05, 4.69) is 9.97 Å². The maximum Gasteiger partial charge on any atom is 0.433 e. The van der Waals surface area contributed by atoms with E-state index in [4.69, 9.17) is 14.9 Å². The highest BCUT2D eigenvalue weighted by atomic mass is 19.4. The normalized spacial score (nSPS) is 13.4. The van der Waals surface area contributed by atoms with Crippen LogP contribution in [0.1, 0.15) is 33.1 Å². The second-order valence-corrected chi connectivity index (χ2v) is 8.05. The Balaban J connectivity index is 1.56. The molecule has 1 aliphatic heterocycles. The van der Waals surface area contributed by atoms with Crippen molar-refractivity contribution in [2.45, 2.75) is 25.8 Å². The smallest absolute Gasteiger partial charge is 0.433 e. The summed E-state index contributed by atoms with van der Waals surface area (Å²) in [6, 6.07) is 6.92. The highest BCUT2D eigenvalue weighted by Crippen LogP contribution is 2.37. The summed E-state index contributed by atoms with van der Waals surface area (Å²) in [6.07, 6.45) is -4.67. The van der Waals surface area contributed by atoms with Crippen molar-refractivity contribution in [2.24, 2.45) is 5.73 Å². The number of methoxy groups -OCH3 is 1. The number of fused-ring (bicyclic) bond motifs is 2. The van der Waals surface area contributed by atoms with Gasteiger partial charge in [0.2, 0.25) is 5.89 Å². The van der Waals surface area contributed by atoms with Crippen LogP contribution in [0.2, 0.25) is 0 Å². The number of nitrogens with two attached hydrogens (primary N) is 1. The second-order valence-electron chi connectivity index (χ2n) is 8.05. The molecular weight excluding hydrogens is 487 g/mol. The minimum Gasteiger partial charge on any atom is -0.494 e. The van der Waals surface area contributed by atoms with E-state index in [0.29, 0.717) is 0 Å². The molecule has 36 heavy (non-hydrogen) atoms. The van der Waals surface area contributed by atoms with Crippen LogP contribution in [0.15, 0.2) is 40.8 Å². The number of carbonyl (C=O) groups excluding carboxylic acids is 1. The lowest BCUT2D eigenvalue weighted by molar-refractivity contribution is -0.140. The van der Waals surface area contributed by atoms with E-state index in [0.717, 1.165) is 18.2 Å². The van der Waals surface area contributed by atoms with Gasteiger partial charge in [0.05, 0.1) is 13.7 Å². The molecule has 2 N–H and O–H groups in total. The molecule has 3 heterocycles. The zero-order valence-electron chi connectivity index (χ0n) is 18.6. The van der Waals surface area contributed by atoms with Gasteiger partial charge in [-0.1, -0.05) is 0 Å². The van der Waals surface area contributed by atoms with Gasteiger partial charge in [-0.05, 0) is 36.4 Å². The van der Waals surface area contributed by atoms with Crippen LogP contribution < -0.4 is 10.5 Å². The average Bonchev–Trinajstić information content (AvgIpc) is 3.50. The molecule has 12 heteroatoms. The van der Waals surface area contributed by atoms with Crippen molar-refractivity contribution in [1.29, 1.82) is 0 Å². The van der Waals surface area contributed by atoms with Gasteiger partial charge in [-0.2, -0.15) is 13.2 Å². The molecule has 1 aliphatic rings. The predicted octanol–water partition coefficient (Wildman–Crippen LogP) is 4.81. The summed E-state index contributed by atoms with van der Waals surface area (Å²) in [5.41, 5.74) is 4.82. The number of aromatic nitrogens is 2. The first kappa shape index (κ1) is 23.7. The molecule has 0 aliphatic carbocycles. The molecule has 0 spiro atoms. The van der Waals surface area contributed by atoms with Crippen molar-refractivity contribution in [1.82, 2.24) is 14.9 Å². The van der Waals surface area contributed by atoms with Crippen LogP contribution >= 0.6 is 0 Å². The lowest BCUT2D eigenvalue weighted by Crippen LogP contribution is -2.27. The summed E-state index contributed by atoms with van der Waals surface area (Å²) in [6.45, 7) is -0.554. The largest absolute Gasteiger partial charge is 0.494 e. The van der Waals surface area contributed by atoms with Crippen LogP contribution in [-0.2, 0) is 25.8 Å². The molecule has 0 saturated carbocycles. The third kappa shape index (κ3) is 3.83. The number of alkyl halides is 3. The number of amides is 1. The fourth-order valence-electron chi connectivity index (χ4n) is 4.18. The van der Waals surface area contributed by atoms with Crippen molar-refractivity contribution >= 4 is 16.8 Å². The molecule has 0 saturated heterocycles. The van der Waals surface area contributed by atoms with Crippen LogP contribution in [0.4, 0.5) is 22.0 Å². The Hall–Kier alpha value is -4.06. The number of rotatable bonds is 4. The van der Waals surface area contributed by atoms with Crippen molar-refractivity contribution in [3.8, 4) is 17.2 Å². The van der Waals surface area contributed by atoms with Gasteiger partial charge < -0.3 is 19.8 Å². The first-order chi connectivity index (χ1) is 17.1. The summed E-state index contributed by atoms with van der Waals surface area (Å²) in [5, 5.41) is 0.240. The summed E-state index contributed by atoms with van der Waals surface area (Å²) in [7, 11) is 1.30. The second kappa shape index (κ2) is 8.55. The molecule has 0 unspecified atom stereocenters. The highest BCUT2D eigenvalue weighted by molar-refractivity contribution is 5.98. The molecule has 0 bridgehead atoms. The van der Waals surface area contributed by atoms with Crippen LogP contribution in [0.5, 0.6) is 5.75 Å². The van der Waals surface area contributed by atoms with Crippen molar-refractivity contribution < 1.29 is 35.9 Å². The minimum atomic E-state index is -4.67. The third-order valence-corrected chi connectivity index (χ3v) is 5.95. The Bertz CT molecular complexity index is 1490. The van der Waals surface area contributed by atoms with Gasteiger partial charge in [-0.15, -0.1) is 0 Å². The van der Waals surface area contributed by atoms with Gasteiger partial charge in [0.1, 0.15) is 28.6 Å². The molecule has 5 rings (SSSR count). The molecular formula is C24H17F5N4O3.